The van der Waals surface area contributed by atoms with Gasteiger partial charge in [-0.2, -0.15) is 0 Å². The maximum Gasteiger partial charge on any atom is 0.225 e. The molecule has 3 aromatic carbocycles. The van der Waals surface area contributed by atoms with E-state index >= 15 is 0 Å². The van der Waals surface area contributed by atoms with E-state index in [-0.39, 0.29) is 35.2 Å². The minimum absolute atomic E-state index is 0.199. The van der Waals surface area contributed by atoms with Crippen LogP contribution in [0.4, 0.5) is 31.0 Å². The van der Waals surface area contributed by atoms with Crippen LogP contribution in [0.5, 0.6) is 0 Å². The van der Waals surface area contributed by atoms with Crippen molar-refractivity contribution in [2.75, 3.05) is 54.0 Å². The third-order valence-electron chi connectivity index (χ3n) is 13.1. The van der Waals surface area contributed by atoms with E-state index in [2.05, 4.69) is 65.4 Å². The fourth-order valence-corrected chi connectivity index (χ4v) is 9.38. The summed E-state index contributed by atoms with van der Waals surface area (Å²) in [5.74, 6) is 2.55. The molecular weight excluding hydrogens is 832 g/mol. The van der Waals surface area contributed by atoms with Gasteiger partial charge >= 0.3 is 0 Å². The second kappa shape index (κ2) is 24.6. The summed E-state index contributed by atoms with van der Waals surface area (Å²) in [4.78, 5) is 34.1. The Morgan fingerprint density at radius 1 is 0.333 bits per heavy atom. The Bertz CT molecular complexity index is 2030. The van der Waals surface area contributed by atoms with Crippen molar-refractivity contribution in [2.24, 2.45) is 0 Å². The van der Waals surface area contributed by atoms with Crippen molar-refractivity contribution in [1.29, 1.82) is 0 Å². The summed E-state index contributed by atoms with van der Waals surface area (Å²) in [6.07, 6.45) is 25.6. The maximum absolute atomic E-state index is 13.1. The first-order valence-corrected chi connectivity index (χ1v) is 24.3. The summed E-state index contributed by atoms with van der Waals surface area (Å²) in [5, 5.41) is 0. The van der Waals surface area contributed by atoms with Crippen LogP contribution in [0.3, 0.4) is 0 Å². The van der Waals surface area contributed by atoms with Gasteiger partial charge in [0, 0.05) is 94.2 Å². The molecule has 3 aliphatic rings. The molecule has 3 atom stereocenters. The summed E-state index contributed by atoms with van der Waals surface area (Å²) in [5.41, 5.74) is 6.61. The van der Waals surface area contributed by atoms with Gasteiger partial charge in [0.15, 0.2) is 0 Å². The quantitative estimate of drug-likeness (QED) is 0.119. The maximum atomic E-state index is 13.1. The van der Waals surface area contributed by atoms with Crippen LogP contribution in [0.1, 0.15) is 149 Å². The highest BCUT2D eigenvalue weighted by Gasteiger charge is 2.20. The van der Waals surface area contributed by atoms with Gasteiger partial charge in [-0.25, -0.2) is 43.1 Å². The van der Waals surface area contributed by atoms with E-state index in [0.29, 0.717) is 0 Å². The van der Waals surface area contributed by atoms with Gasteiger partial charge in [-0.1, -0.05) is 57.2 Å². The second-order valence-electron chi connectivity index (χ2n) is 17.6. The Morgan fingerprint density at radius 3 is 0.742 bits per heavy atom. The van der Waals surface area contributed by atoms with Crippen molar-refractivity contribution in [3.63, 3.8) is 0 Å². The summed E-state index contributed by atoms with van der Waals surface area (Å²) < 4.78 is 39.3. The molecule has 0 saturated carbocycles. The molecule has 66 heavy (non-hydrogen) atoms. The normalized spacial score (nSPS) is 16.5. The molecule has 3 saturated heterocycles. The zero-order chi connectivity index (χ0) is 46.1. The van der Waals surface area contributed by atoms with E-state index < -0.39 is 0 Å². The minimum atomic E-state index is -0.199. The van der Waals surface area contributed by atoms with Crippen LogP contribution >= 0.6 is 0 Å². The van der Waals surface area contributed by atoms with Gasteiger partial charge in [0.2, 0.25) is 17.8 Å². The fourth-order valence-electron chi connectivity index (χ4n) is 9.38. The minimum Gasteiger partial charge on any atom is -0.341 e. The number of rotatable bonds is 12. The molecule has 9 rings (SSSR count). The molecule has 3 fully saturated rings. The van der Waals surface area contributed by atoms with E-state index in [1.807, 2.05) is 73.6 Å². The Labute approximate surface area is 390 Å². The molecule has 0 spiro atoms. The van der Waals surface area contributed by atoms with Gasteiger partial charge in [0.1, 0.15) is 17.5 Å². The predicted octanol–water partition coefficient (Wildman–Crippen LogP) is 12.4. The lowest BCUT2D eigenvalue weighted by molar-refractivity contribution is 0.567. The zero-order valence-electron chi connectivity index (χ0n) is 39.0. The van der Waals surface area contributed by atoms with Gasteiger partial charge < -0.3 is 14.7 Å². The van der Waals surface area contributed by atoms with Crippen LogP contribution in [0, 0.1) is 17.5 Å². The molecule has 0 radical (unpaired) electrons. The Balaban J connectivity index is 0.000000147. The van der Waals surface area contributed by atoms with Crippen LogP contribution in [-0.4, -0.2) is 69.2 Å². The van der Waals surface area contributed by atoms with Gasteiger partial charge in [0.05, 0.1) is 0 Å². The summed E-state index contributed by atoms with van der Waals surface area (Å²) in [6, 6.07) is 20.2. The highest BCUT2D eigenvalue weighted by Crippen LogP contribution is 2.31. The zero-order valence-corrected chi connectivity index (χ0v) is 39.0. The van der Waals surface area contributed by atoms with Crippen LogP contribution < -0.4 is 14.7 Å². The van der Waals surface area contributed by atoms with Crippen molar-refractivity contribution < 1.29 is 13.2 Å². The number of hydrogen-bond acceptors (Lipinski definition) is 9. The predicted molar refractivity (Wildman–Crippen MR) is 260 cm³/mol. The Kier molecular flexibility index (Phi) is 17.9. The number of halogens is 3. The van der Waals surface area contributed by atoms with Gasteiger partial charge in [-0.05, 0) is 147 Å². The number of piperidine rings is 3. The smallest absolute Gasteiger partial charge is 0.225 e. The summed E-state index contributed by atoms with van der Waals surface area (Å²) in [6.45, 7) is 12.7. The highest BCUT2D eigenvalue weighted by atomic mass is 19.1. The van der Waals surface area contributed by atoms with E-state index in [9.17, 15) is 13.2 Å². The highest BCUT2D eigenvalue weighted by molar-refractivity contribution is 5.38. The molecular formula is C54H66F3N9. The van der Waals surface area contributed by atoms with E-state index in [1.54, 1.807) is 0 Å². The first-order valence-electron chi connectivity index (χ1n) is 24.3. The Morgan fingerprint density at radius 2 is 0.545 bits per heavy atom. The van der Waals surface area contributed by atoms with Crippen molar-refractivity contribution >= 4 is 17.8 Å². The van der Waals surface area contributed by atoms with Crippen molar-refractivity contribution in [1.82, 2.24) is 29.9 Å². The fraction of sp³-hybridized carbons (Fsp3) is 0.444. The third kappa shape index (κ3) is 13.1. The monoisotopic (exact) mass is 898 g/mol. The van der Waals surface area contributed by atoms with Gasteiger partial charge in [-0.15, -0.1) is 0 Å². The number of nitrogens with zero attached hydrogens (tertiary/aromatic N) is 9. The van der Waals surface area contributed by atoms with Gasteiger partial charge in [-0.3, -0.25) is 0 Å². The van der Waals surface area contributed by atoms with Crippen LogP contribution in [0.15, 0.2) is 110 Å². The second-order valence-corrected chi connectivity index (χ2v) is 17.6. The van der Waals surface area contributed by atoms with Crippen molar-refractivity contribution in [3.8, 4) is 0 Å². The van der Waals surface area contributed by atoms with Crippen LogP contribution in [0.2, 0.25) is 0 Å². The number of anilines is 3. The first-order chi connectivity index (χ1) is 32.3. The van der Waals surface area contributed by atoms with E-state index in [0.717, 1.165) is 110 Å². The molecule has 3 aromatic heterocycles. The molecule has 0 aliphatic carbocycles. The number of aromatic nitrogens is 6. The summed E-state index contributed by atoms with van der Waals surface area (Å²) in [7, 11) is 0. The average molecular weight is 898 g/mol. The number of benzene rings is 3. The largest absolute Gasteiger partial charge is 0.341 e. The molecule has 0 amide bonds. The van der Waals surface area contributed by atoms with Crippen LogP contribution in [-0.2, 0) is 0 Å². The lowest BCUT2D eigenvalue weighted by Crippen LogP contribution is -2.30. The standard InChI is InChI=1S/3C18H22FN3/c3*1-2-17(14-6-8-16(19)9-7-14)15-12-20-18(21-13-15)22-10-4-3-5-11-22/h3*6-9,12-13,17H,2-5,10-11H2,1H3/t2*17-;/m10./s1. The van der Waals surface area contributed by atoms with Gasteiger partial charge in [0.25, 0.3) is 0 Å². The topological polar surface area (TPSA) is 87.1 Å². The molecule has 348 valence electrons. The lowest BCUT2D eigenvalue weighted by Gasteiger charge is -2.26. The SMILES string of the molecule is CCC(c1ccc(F)cc1)c1cnc(N2CCCCC2)nc1.CC[C@@H](c1ccc(F)cc1)c1cnc(N2CCCCC2)nc1.CC[C@H](c1ccc(F)cc1)c1cnc(N2CCCCC2)nc1. The van der Waals surface area contributed by atoms with Crippen molar-refractivity contribution in [3.05, 3.63) is 161 Å². The molecule has 3 aliphatic heterocycles. The molecule has 1 unspecified atom stereocenters. The molecule has 12 heteroatoms. The summed E-state index contributed by atoms with van der Waals surface area (Å²) >= 11 is 0. The Hall–Kier alpha value is -5.91. The average Bonchev–Trinajstić information content (AvgIpc) is 3.38. The van der Waals surface area contributed by atoms with Crippen molar-refractivity contribution in [2.45, 2.75) is 116 Å². The molecule has 9 nitrogen and oxygen atoms in total. The van der Waals surface area contributed by atoms with E-state index in [1.165, 1.54) is 94.2 Å². The van der Waals surface area contributed by atoms with E-state index in [4.69, 9.17) is 0 Å². The lowest BCUT2D eigenvalue weighted by atomic mass is 9.91. The molecule has 6 aromatic rings. The third-order valence-corrected chi connectivity index (χ3v) is 13.1. The molecule has 6 heterocycles. The first kappa shape index (κ1) is 48.0. The molecule has 0 N–H and O–H groups in total. The van der Waals surface area contributed by atoms with Crippen LogP contribution in [0.25, 0.3) is 0 Å². The number of hydrogen-bond donors (Lipinski definition) is 0. The molecule has 0 bridgehead atoms.